The predicted molar refractivity (Wildman–Crippen MR) is 63.1 cm³/mol. The van der Waals surface area contributed by atoms with Crippen molar-refractivity contribution in [2.75, 3.05) is 6.61 Å². The molecule has 0 saturated heterocycles. The molecule has 8 heteroatoms. The number of carbonyl (C=O) groups is 1. The van der Waals surface area contributed by atoms with Crippen LogP contribution < -0.4 is 16.4 Å². The zero-order valence-corrected chi connectivity index (χ0v) is 9.71. The van der Waals surface area contributed by atoms with Crippen molar-refractivity contribution in [3.8, 4) is 0 Å². The maximum absolute atomic E-state index is 11.0. The molecule has 0 heterocycles. The number of carbonyl (C=O) groups excluding carboxylic acids is 1. The minimum absolute atomic E-state index is 0.00819. The molecule has 1 aromatic carbocycles. The number of amidine groups is 1. The number of quaternary nitrogens is 1. The molecule has 1 aromatic rings. The summed E-state index contributed by atoms with van der Waals surface area (Å²) in [6.45, 7) is 1.87. The summed E-state index contributed by atoms with van der Waals surface area (Å²) in [5.41, 5.74) is 8.16. The van der Waals surface area contributed by atoms with Gasteiger partial charge >= 0.3 is 6.09 Å². The minimum atomic E-state index is -1.07. The molecule has 1 rings (SSSR count). The molecule has 8 nitrogen and oxygen atoms in total. The number of hydrogen-bond donors (Lipinski definition) is 4. The van der Waals surface area contributed by atoms with E-state index in [1.807, 2.05) is 0 Å². The lowest BCUT2D eigenvalue weighted by Crippen LogP contribution is -2.99. The molecule has 18 heavy (non-hydrogen) atoms. The molecular formula is C10H14N4O4. The number of rotatable bonds is 4. The summed E-state index contributed by atoms with van der Waals surface area (Å²) in [6, 6.07) is 5.90. The van der Waals surface area contributed by atoms with Gasteiger partial charge in [-0.05, 0) is 6.92 Å². The first-order valence-electron chi connectivity index (χ1n) is 5.14. The molecule has 0 radical (unpaired) electrons. The second-order valence-corrected chi connectivity index (χ2v) is 3.22. The molecule has 0 aliphatic rings. The SMILES string of the molecule is CCOC(=O)N/N=C(/N)c1cccc([NH+]([O-])O)c1. The van der Waals surface area contributed by atoms with E-state index < -0.39 is 11.3 Å². The quantitative estimate of drug-likeness (QED) is 0.326. The zero-order valence-electron chi connectivity index (χ0n) is 9.71. The van der Waals surface area contributed by atoms with Crippen LogP contribution in [0.25, 0.3) is 0 Å². The highest BCUT2D eigenvalue weighted by Gasteiger charge is 2.05. The van der Waals surface area contributed by atoms with E-state index >= 15 is 0 Å². The van der Waals surface area contributed by atoms with Crippen molar-refractivity contribution in [2.24, 2.45) is 10.8 Å². The van der Waals surface area contributed by atoms with Crippen molar-refractivity contribution in [3.63, 3.8) is 0 Å². The Balaban J connectivity index is 2.77. The molecule has 5 N–H and O–H groups in total. The number of benzene rings is 1. The normalized spacial score (nSPS) is 12.9. The lowest BCUT2D eigenvalue weighted by Gasteiger charge is -2.12. The monoisotopic (exact) mass is 254 g/mol. The van der Waals surface area contributed by atoms with E-state index in [1.165, 1.54) is 18.2 Å². The van der Waals surface area contributed by atoms with Gasteiger partial charge in [-0.25, -0.2) is 15.4 Å². The predicted octanol–water partition coefficient (Wildman–Crippen LogP) is -0.544. The molecule has 0 fully saturated rings. The van der Waals surface area contributed by atoms with Crippen LogP contribution >= 0.6 is 0 Å². The van der Waals surface area contributed by atoms with Gasteiger partial charge in [0.05, 0.1) is 6.61 Å². The Morgan fingerprint density at radius 1 is 1.67 bits per heavy atom. The standard InChI is InChI=1S/C10H14N4O4/c1-2-18-10(15)13-12-9(11)7-4-3-5-8(6-7)14(16)17/h3-6,14,16H,2H2,1H3,(H2,11,12)(H,13,15). The van der Waals surface area contributed by atoms with Crippen LogP contribution in [0.15, 0.2) is 29.4 Å². The van der Waals surface area contributed by atoms with E-state index in [1.54, 1.807) is 13.0 Å². The molecule has 0 aliphatic heterocycles. The third-order valence-electron chi connectivity index (χ3n) is 1.95. The number of hydrogen-bond acceptors (Lipinski definition) is 5. The van der Waals surface area contributed by atoms with E-state index in [0.717, 1.165) is 0 Å². The van der Waals surface area contributed by atoms with Crippen molar-refractivity contribution >= 4 is 17.6 Å². The molecule has 0 saturated carbocycles. The van der Waals surface area contributed by atoms with Gasteiger partial charge in [0.25, 0.3) is 0 Å². The number of nitrogens with two attached hydrogens (primary N) is 1. The molecule has 1 atom stereocenters. The molecule has 98 valence electrons. The van der Waals surface area contributed by atoms with Gasteiger partial charge in [-0.3, -0.25) is 0 Å². The van der Waals surface area contributed by atoms with Gasteiger partial charge in [0, 0.05) is 17.7 Å². The lowest BCUT2D eigenvalue weighted by atomic mass is 10.2. The molecule has 1 amide bonds. The van der Waals surface area contributed by atoms with Gasteiger partial charge in [-0.15, -0.1) is 0 Å². The summed E-state index contributed by atoms with van der Waals surface area (Å²) in [7, 11) is 0. The number of hydrazone groups is 1. The van der Waals surface area contributed by atoms with Crippen molar-refractivity contribution in [2.45, 2.75) is 6.92 Å². The Bertz CT molecular complexity index is 447. The largest absolute Gasteiger partial charge is 0.595 e. The lowest BCUT2D eigenvalue weighted by molar-refractivity contribution is -0.991. The van der Waals surface area contributed by atoms with Gasteiger partial charge in [0.1, 0.15) is 0 Å². The van der Waals surface area contributed by atoms with Gasteiger partial charge in [0.15, 0.2) is 11.5 Å². The van der Waals surface area contributed by atoms with Crippen LogP contribution in [0.5, 0.6) is 0 Å². The number of amides is 1. The average molecular weight is 254 g/mol. The third-order valence-corrected chi connectivity index (χ3v) is 1.95. The summed E-state index contributed by atoms with van der Waals surface area (Å²) >= 11 is 0. The van der Waals surface area contributed by atoms with Crippen LogP contribution in [0.3, 0.4) is 0 Å². The highest BCUT2D eigenvalue weighted by Crippen LogP contribution is 2.05. The topological polar surface area (TPSA) is 124 Å². The van der Waals surface area contributed by atoms with Crippen LogP contribution in [0.2, 0.25) is 0 Å². The number of nitrogens with one attached hydrogen (secondary N) is 2. The minimum Gasteiger partial charge on any atom is -0.595 e. The molecule has 0 aromatic heterocycles. The Morgan fingerprint density at radius 2 is 2.39 bits per heavy atom. The second kappa shape index (κ2) is 6.55. The van der Waals surface area contributed by atoms with Gasteiger partial charge < -0.3 is 15.7 Å². The van der Waals surface area contributed by atoms with Crippen molar-refractivity contribution in [1.82, 2.24) is 5.43 Å². The first-order valence-corrected chi connectivity index (χ1v) is 5.14. The number of ether oxygens (including phenoxy) is 1. The van der Waals surface area contributed by atoms with Crippen LogP contribution in [0, 0.1) is 5.21 Å². The smallest absolute Gasteiger partial charge is 0.427 e. The second-order valence-electron chi connectivity index (χ2n) is 3.22. The summed E-state index contributed by atoms with van der Waals surface area (Å²) < 4.78 is 4.58. The highest BCUT2D eigenvalue weighted by atomic mass is 16.8. The van der Waals surface area contributed by atoms with Gasteiger partial charge in [-0.1, -0.05) is 12.1 Å². The fraction of sp³-hybridized carbons (Fsp3) is 0.200. The van der Waals surface area contributed by atoms with Crippen LogP contribution in [-0.2, 0) is 4.74 Å². The van der Waals surface area contributed by atoms with E-state index in [-0.39, 0.29) is 18.1 Å². The van der Waals surface area contributed by atoms with Crippen LogP contribution in [0.1, 0.15) is 12.5 Å². The summed E-state index contributed by atoms with van der Waals surface area (Å²) in [5, 5.41) is 22.1. The van der Waals surface area contributed by atoms with E-state index in [2.05, 4.69) is 15.3 Å². The zero-order chi connectivity index (χ0) is 13.5. The van der Waals surface area contributed by atoms with Crippen molar-refractivity contribution in [3.05, 3.63) is 35.0 Å². The number of nitrogens with zero attached hydrogens (tertiary/aromatic N) is 1. The Morgan fingerprint density at radius 3 is 3.00 bits per heavy atom. The fourth-order valence-corrected chi connectivity index (χ4v) is 1.15. The Labute approximate surface area is 103 Å². The summed E-state index contributed by atoms with van der Waals surface area (Å²) in [4.78, 5) is 11.0. The van der Waals surface area contributed by atoms with Crippen molar-refractivity contribution in [1.29, 1.82) is 0 Å². The maximum atomic E-state index is 11.0. The Hall–Kier alpha value is -2.16. The van der Waals surface area contributed by atoms with Crippen LogP contribution in [-0.4, -0.2) is 23.7 Å². The summed E-state index contributed by atoms with van der Waals surface area (Å²) in [6.07, 6.45) is -0.727. The van der Waals surface area contributed by atoms with Gasteiger partial charge in [0.2, 0.25) is 0 Å². The maximum Gasteiger partial charge on any atom is 0.427 e. The van der Waals surface area contributed by atoms with Crippen molar-refractivity contribution < 1.29 is 20.0 Å². The Kier molecular flexibility index (Phi) is 5.06. The first kappa shape index (κ1) is 13.9. The van der Waals surface area contributed by atoms with E-state index in [9.17, 15) is 10.0 Å². The fourth-order valence-electron chi connectivity index (χ4n) is 1.15. The summed E-state index contributed by atoms with van der Waals surface area (Å²) in [5.74, 6) is -0.00819. The first-order chi connectivity index (χ1) is 8.54. The van der Waals surface area contributed by atoms with Gasteiger partial charge in [-0.2, -0.15) is 10.3 Å². The molecule has 0 bridgehead atoms. The molecule has 1 unspecified atom stereocenters. The van der Waals surface area contributed by atoms with Crippen LogP contribution in [0.4, 0.5) is 10.5 Å². The highest BCUT2D eigenvalue weighted by molar-refractivity contribution is 5.98. The van der Waals surface area contributed by atoms with E-state index in [0.29, 0.717) is 5.56 Å². The van der Waals surface area contributed by atoms with E-state index in [4.69, 9.17) is 10.9 Å². The molecule has 0 aliphatic carbocycles. The third kappa shape index (κ3) is 4.01. The molecular weight excluding hydrogens is 240 g/mol. The average Bonchev–Trinajstić information content (AvgIpc) is 2.36. The molecule has 0 spiro atoms.